The quantitative estimate of drug-likeness (QED) is 0.589. The van der Waals surface area contributed by atoms with Gasteiger partial charge in [0.15, 0.2) is 11.5 Å². The number of benzene rings is 2. The number of hydrogen-bond acceptors (Lipinski definition) is 6. The van der Waals surface area contributed by atoms with Crippen LogP contribution in [0.2, 0.25) is 0 Å². The summed E-state index contributed by atoms with van der Waals surface area (Å²) in [4.78, 5) is 15.2. The molecule has 0 radical (unpaired) electrons. The van der Waals surface area contributed by atoms with Gasteiger partial charge in [-0.3, -0.25) is 4.79 Å². The van der Waals surface area contributed by atoms with Crippen molar-refractivity contribution >= 4 is 15.7 Å². The third-order valence-electron chi connectivity index (χ3n) is 5.92. The van der Waals surface area contributed by atoms with Gasteiger partial charge in [-0.05, 0) is 48.6 Å². The van der Waals surface area contributed by atoms with Gasteiger partial charge in [-0.25, -0.2) is 8.42 Å². The molecule has 32 heavy (non-hydrogen) atoms. The second-order valence-electron chi connectivity index (χ2n) is 8.49. The predicted octanol–water partition coefficient (Wildman–Crippen LogP) is 3.09. The van der Waals surface area contributed by atoms with Gasteiger partial charge < -0.3 is 19.7 Å². The molecular formula is C24H30N2O5S. The fraction of sp³-hybridized carbons (Fsp3) is 0.458. The lowest BCUT2D eigenvalue weighted by Gasteiger charge is -2.28. The smallest absolute Gasteiger partial charge is 0.255 e. The molecule has 2 aromatic rings. The lowest BCUT2D eigenvalue weighted by atomic mass is 10.0. The minimum Gasteiger partial charge on any atom is -0.493 e. The van der Waals surface area contributed by atoms with E-state index in [4.69, 9.17) is 9.47 Å². The highest BCUT2D eigenvalue weighted by atomic mass is 32.2. The number of carbonyl (C=O) groups excluding carboxylic acids is 1. The van der Waals surface area contributed by atoms with Crippen molar-refractivity contribution in [3.8, 4) is 11.5 Å². The van der Waals surface area contributed by atoms with E-state index >= 15 is 0 Å². The first-order valence-electron chi connectivity index (χ1n) is 10.9. The van der Waals surface area contributed by atoms with Crippen LogP contribution in [0.5, 0.6) is 11.5 Å². The summed E-state index contributed by atoms with van der Waals surface area (Å²) < 4.78 is 35.7. The number of methoxy groups -OCH3 is 1. The highest BCUT2D eigenvalue weighted by Crippen LogP contribution is 2.37. The van der Waals surface area contributed by atoms with E-state index in [1.54, 1.807) is 24.1 Å². The Morgan fingerprint density at radius 1 is 1.19 bits per heavy atom. The molecule has 1 heterocycles. The monoisotopic (exact) mass is 458 g/mol. The number of carbonyl (C=O) groups is 1. The zero-order valence-corrected chi connectivity index (χ0v) is 19.6. The van der Waals surface area contributed by atoms with E-state index in [-0.39, 0.29) is 11.7 Å². The summed E-state index contributed by atoms with van der Waals surface area (Å²) in [6, 6.07) is 11.1. The molecule has 0 spiro atoms. The van der Waals surface area contributed by atoms with E-state index in [0.717, 1.165) is 11.1 Å². The Morgan fingerprint density at radius 2 is 1.97 bits per heavy atom. The number of amides is 1. The second-order valence-corrected chi connectivity index (χ2v) is 10.7. The van der Waals surface area contributed by atoms with Crippen molar-refractivity contribution < 1.29 is 22.7 Å². The predicted molar refractivity (Wildman–Crippen MR) is 123 cm³/mol. The molecule has 0 aromatic heterocycles. The summed E-state index contributed by atoms with van der Waals surface area (Å²) in [6.45, 7) is 3.34. The summed E-state index contributed by atoms with van der Waals surface area (Å²) in [5, 5.41) is 3.47. The summed E-state index contributed by atoms with van der Waals surface area (Å²) in [5.41, 5.74) is 3.29. The number of nitrogens with zero attached hydrogens (tertiary/aromatic N) is 1. The van der Waals surface area contributed by atoms with E-state index in [9.17, 15) is 13.2 Å². The number of hydrogen-bond donors (Lipinski definition) is 1. The van der Waals surface area contributed by atoms with Crippen molar-refractivity contribution in [3.05, 3.63) is 58.7 Å². The van der Waals surface area contributed by atoms with Gasteiger partial charge in [0.2, 0.25) is 0 Å². The zero-order valence-electron chi connectivity index (χ0n) is 18.8. The molecule has 1 N–H and O–H groups in total. The highest BCUT2D eigenvalue weighted by Gasteiger charge is 2.37. The third-order valence-corrected chi connectivity index (χ3v) is 6.84. The molecule has 1 atom stereocenters. The van der Waals surface area contributed by atoms with E-state index < -0.39 is 15.9 Å². The molecule has 1 amide bonds. The van der Waals surface area contributed by atoms with E-state index in [0.29, 0.717) is 48.4 Å². The van der Waals surface area contributed by atoms with Gasteiger partial charge in [-0.2, -0.15) is 0 Å². The van der Waals surface area contributed by atoms with Gasteiger partial charge in [0.1, 0.15) is 9.84 Å². The van der Waals surface area contributed by atoms with Crippen LogP contribution in [0.15, 0.2) is 36.4 Å². The Labute approximate surface area is 189 Å². The first-order valence-corrected chi connectivity index (χ1v) is 13.0. The summed E-state index contributed by atoms with van der Waals surface area (Å²) in [5.74, 6) is 0.804. The van der Waals surface area contributed by atoms with Crippen LogP contribution in [0.25, 0.3) is 0 Å². The first-order chi connectivity index (χ1) is 15.3. The molecule has 0 saturated heterocycles. The number of sulfone groups is 1. The summed E-state index contributed by atoms with van der Waals surface area (Å²) in [7, 11) is -1.80. The van der Waals surface area contributed by atoms with Gasteiger partial charge in [0.25, 0.3) is 5.91 Å². The van der Waals surface area contributed by atoms with Crippen LogP contribution in [0.1, 0.15) is 52.9 Å². The Morgan fingerprint density at radius 3 is 2.62 bits per heavy atom. The van der Waals surface area contributed by atoms with Gasteiger partial charge in [0, 0.05) is 31.0 Å². The zero-order chi connectivity index (χ0) is 22.9. The third kappa shape index (κ3) is 4.91. The van der Waals surface area contributed by atoms with Crippen molar-refractivity contribution in [2.24, 2.45) is 0 Å². The Bertz CT molecular complexity index is 1110. The lowest BCUT2D eigenvalue weighted by Crippen LogP contribution is -2.34. The minimum atomic E-state index is -3.36. The summed E-state index contributed by atoms with van der Waals surface area (Å²) >= 11 is 0. The Balaban J connectivity index is 1.69. The van der Waals surface area contributed by atoms with Crippen LogP contribution < -0.4 is 14.8 Å². The topological polar surface area (TPSA) is 84.9 Å². The van der Waals surface area contributed by atoms with E-state index in [1.807, 2.05) is 31.2 Å². The molecule has 172 valence electrons. The highest BCUT2D eigenvalue weighted by molar-refractivity contribution is 7.90. The normalized spacial score (nSPS) is 16.7. The van der Waals surface area contributed by atoms with Crippen LogP contribution in [0, 0.1) is 0 Å². The maximum Gasteiger partial charge on any atom is 0.255 e. The SMILES string of the molecule is CCOc1cc([C@@H](CS(C)(=O)=O)N2Cc3cccc(CNC4CC4)c3C2=O)ccc1OC. The Kier molecular flexibility index (Phi) is 6.44. The lowest BCUT2D eigenvalue weighted by molar-refractivity contribution is 0.0717. The van der Waals surface area contributed by atoms with E-state index in [1.165, 1.54) is 19.1 Å². The van der Waals surface area contributed by atoms with Crippen molar-refractivity contribution in [1.82, 2.24) is 10.2 Å². The minimum absolute atomic E-state index is 0.129. The molecule has 8 heteroatoms. The number of nitrogens with one attached hydrogen (secondary N) is 1. The maximum absolute atomic E-state index is 13.6. The molecular weight excluding hydrogens is 428 g/mol. The number of ether oxygens (including phenoxy) is 2. The molecule has 1 aliphatic heterocycles. The molecule has 7 nitrogen and oxygen atoms in total. The van der Waals surface area contributed by atoms with Gasteiger partial charge in [0.05, 0.1) is 25.5 Å². The van der Waals surface area contributed by atoms with Crippen molar-refractivity contribution in [2.45, 2.75) is 44.9 Å². The first kappa shape index (κ1) is 22.6. The van der Waals surface area contributed by atoms with E-state index in [2.05, 4.69) is 5.32 Å². The molecule has 1 aliphatic carbocycles. The van der Waals surface area contributed by atoms with Gasteiger partial charge in [-0.1, -0.05) is 24.3 Å². The molecule has 0 bridgehead atoms. The van der Waals surface area contributed by atoms with Crippen molar-refractivity contribution in [1.29, 1.82) is 0 Å². The molecule has 0 unspecified atom stereocenters. The maximum atomic E-state index is 13.6. The second kappa shape index (κ2) is 9.11. The van der Waals surface area contributed by atoms with Crippen molar-refractivity contribution in [3.63, 3.8) is 0 Å². The Hall–Kier alpha value is -2.58. The van der Waals surface area contributed by atoms with Gasteiger partial charge >= 0.3 is 0 Å². The standard InChI is InChI=1S/C24H30N2O5S/c1-4-31-22-12-16(8-11-21(22)30-2)20(15-32(3,28)29)26-14-18-7-5-6-17(23(18)24(26)27)13-25-19-9-10-19/h5-8,11-12,19-20,25H,4,9-10,13-15H2,1-3H3/t20-/m1/s1. The average molecular weight is 459 g/mol. The van der Waals surface area contributed by atoms with Crippen LogP contribution in [-0.4, -0.2) is 51.0 Å². The van der Waals surface area contributed by atoms with Crippen molar-refractivity contribution in [2.75, 3.05) is 25.7 Å². The number of fused-ring (bicyclic) bond motifs is 1. The molecule has 1 saturated carbocycles. The molecule has 1 fully saturated rings. The average Bonchev–Trinajstić information content (AvgIpc) is 3.52. The fourth-order valence-corrected chi connectivity index (χ4v) is 5.17. The van der Waals surface area contributed by atoms with Crippen LogP contribution in [0.3, 0.4) is 0 Å². The molecule has 2 aliphatic rings. The molecule has 2 aromatic carbocycles. The fourth-order valence-electron chi connectivity index (χ4n) is 4.22. The summed E-state index contributed by atoms with van der Waals surface area (Å²) in [6.07, 6.45) is 3.54. The van der Waals surface area contributed by atoms with Crippen LogP contribution in [0.4, 0.5) is 0 Å². The van der Waals surface area contributed by atoms with Crippen LogP contribution >= 0.6 is 0 Å². The van der Waals surface area contributed by atoms with Crippen LogP contribution in [-0.2, 0) is 22.9 Å². The molecule has 4 rings (SSSR count). The van der Waals surface area contributed by atoms with Gasteiger partial charge in [-0.15, -0.1) is 0 Å². The largest absolute Gasteiger partial charge is 0.493 e. The number of rotatable bonds is 10.